The predicted molar refractivity (Wildman–Crippen MR) is 130 cm³/mol. The molecule has 4 nitrogen and oxygen atoms in total. The number of nitrogens with zero attached hydrogens (tertiary/aromatic N) is 3. The first-order valence-corrected chi connectivity index (χ1v) is 11.7. The van der Waals surface area contributed by atoms with E-state index in [4.69, 9.17) is 17.3 Å². The van der Waals surface area contributed by atoms with Gasteiger partial charge in [0.15, 0.2) is 5.69 Å². The van der Waals surface area contributed by atoms with E-state index in [2.05, 4.69) is 4.98 Å². The van der Waals surface area contributed by atoms with Gasteiger partial charge in [-0.3, -0.25) is 8.97 Å². The molecule has 0 fully saturated rings. The molecule has 180 valence electrons. The van der Waals surface area contributed by atoms with E-state index in [0.717, 1.165) is 27.9 Å². The van der Waals surface area contributed by atoms with Gasteiger partial charge in [-0.25, -0.2) is 4.98 Å². The molecular weight excluding hydrogens is 461 g/mol. The highest BCUT2D eigenvalue weighted by Crippen LogP contribution is 2.37. The number of imidazole rings is 2. The molecule has 8 heteroatoms. The number of fused-ring (bicyclic) bond motifs is 1. The van der Waals surface area contributed by atoms with Crippen molar-refractivity contribution in [3.05, 3.63) is 87.5 Å². The summed E-state index contributed by atoms with van der Waals surface area (Å²) in [7, 11) is 0. The van der Waals surface area contributed by atoms with E-state index >= 15 is 0 Å². The molecule has 2 N–H and O–H groups in total. The molecule has 2 aromatic carbocycles. The Hall–Kier alpha value is -2.77. The minimum absolute atomic E-state index is 0.0710. The fourth-order valence-electron chi connectivity index (χ4n) is 4.89. The zero-order chi connectivity index (χ0) is 24.6. The van der Waals surface area contributed by atoms with E-state index in [0.29, 0.717) is 24.5 Å². The summed E-state index contributed by atoms with van der Waals surface area (Å²) >= 11 is 6.59. The highest BCUT2D eigenvalue weighted by atomic mass is 35.5. The predicted octanol–water partition coefficient (Wildman–Crippen LogP) is 6.47. The third kappa shape index (κ3) is 4.72. The van der Waals surface area contributed by atoms with Gasteiger partial charge in [0, 0.05) is 6.20 Å². The number of benzene rings is 2. The molecule has 0 spiro atoms. The van der Waals surface area contributed by atoms with Crippen molar-refractivity contribution in [3.63, 3.8) is 0 Å². The molecule has 1 atom stereocenters. The van der Waals surface area contributed by atoms with Crippen LogP contribution in [0.4, 0.5) is 13.2 Å². The monoisotopic (exact) mass is 488 g/mol. The minimum Gasteiger partial charge on any atom is -0.330 e. The number of alkyl halides is 3. The molecule has 0 radical (unpaired) electrons. The lowest BCUT2D eigenvalue weighted by atomic mass is 9.91. The Morgan fingerprint density at radius 2 is 1.68 bits per heavy atom. The number of hydrogen-bond acceptors (Lipinski definition) is 2. The molecule has 0 saturated heterocycles. The first-order chi connectivity index (χ1) is 16.1. The average Bonchev–Trinajstić information content (AvgIpc) is 3.24. The average molecular weight is 489 g/mol. The number of rotatable bonds is 7. The van der Waals surface area contributed by atoms with Crippen LogP contribution in [0.2, 0.25) is 5.15 Å². The molecule has 4 aromatic rings. The zero-order valence-corrected chi connectivity index (χ0v) is 20.2. The Labute approximate surface area is 202 Å². The van der Waals surface area contributed by atoms with Gasteiger partial charge in [-0.2, -0.15) is 13.2 Å². The van der Waals surface area contributed by atoms with Crippen molar-refractivity contribution in [2.24, 2.45) is 11.7 Å². The van der Waals surface area contributed by atoms with Crippen molar-refractivity contribution in [2.45, 2.75) is 46.2 Å². The summed E-state index contributed by atoms with van der Waals surface area (Å²) < 4.78 is 45.5. The van der Waals surface area contributed by atoms with Crippen LogP contribution in [-0.2, 0) is 19.0 Å². The maximum Gasteiger partial charge on any atom is 0.435 e. The van der Waals surface area contributed by atoms with Crippen LogP contribution in [0.15, 0.2) is 48.7 Å². The molecule has 0 aliphatic heterocycles. The third-order valence-corrected chi connectivity index (χ3v) is 6.46. The summed E-state index contributed by atoms with van der Waals surface area (Å²) in [5.74, 6) is 0.0898. The van der Waals surface area contributed by atoms with Crippen molar-refractivity contribution in [1.29, 1.82) is 0 Å². The van der Waals surface area contributed by atoms with Gasteiger partial charge in [-0.1, -0.05) is 59.6 Å². The number of aromatic nitrogens is 3. The van der Waals surface area contributed by atoms with Gasteiger partial charge < -0.3 is 5.73 Å². The summed E-state index contributed by atoms with van der Waals surface area (Å²) in [5.41, 5.74) is 9.79. The van der Waals surface area contributed by atoms with Gasteiger partial charge in [0.1, 0.15) is 5.15 Å². The Kier molecular flexibility index (Phi) is 6.78. The van der Waals surface area contributed by atoms with Crippen LogP contribution in [0, 0.1) is 26.7 Å². The molecule has 34 heavy (non-hydrogen) atoms. The summed E-state index contributed by atoms with van der Waals surface area (Å²) in [6, 6.07) is 13.7. The number of nitrogens with two attached hydrogens (primary N) is 1. The van der Waals surface area contributed by atoms with Crippen molar-refractivity contribution < 1.29 is 13.2 Å². The first-order valence-electron chi connectivity index (χ1n) is 11.3. The van der Waals surface area contributed by atoms with Gasteiger partial charge in [0.2, 0.25) is 5.78 Å². The van der Waals surface area contributed by atoms with Crippen molar-refractivity contribution in [2.75, 3.05) is 6.54 Å². The van der Waals surface area contributed by atoms with E-state index in [1.807, 2.05) is 63.2 Å². The van der Waals surface area contributed by atoms with E-state index in [1.54, 1.807) is 4.57 Å². The van der Waals surface area contributed by atoms with E-state index < -0.39 is 11.9 Å². The molecule has 0 saturated carbocycles. The summed E-state index contributed by atoms with van der Waals surface area (Å²) in [5, 5.41) is 0.311. The minimum atomic E-state index is -4.59. The third-order valence-electron chi connectivity index (χ3n) is 6.19. The number of aryl methyl sites for hydroxylation is 3. The topological polar surface area (TPSA) is 48.2 Å². The van der Waals surface area contributed by atoms with Gasteiger partial charge in [0.05, 0.1) is 11.4 Å². The Morgan fingerprint density at radius 3 is 2.26 bits per heavy atom. The largest absolute Gasteiger partial charge is 0.435 e. The molecule has 2 aromatic heterocycles. The van der Waals surface area contributed by atoms with Crippen molar-refractivity contribution >= 4 is 17.4 Å². The SMILES string of the molecule is Cc1cc(C)c(-n2c(Cl)cn3c(CC(CCN)Cc4ccccc4)c(C(F)(F)F)nc23)c(C)c1. The van der Waals surface area contributed by atoms with Crippen LogP contribution < -0.4 is 5.73 Å². The van der Waals surface area contributed by atoms with E-state index in [-0.39, 0.29) is 23.8 Å². The summed E-state index contributed by atoms with van der Waals surface area (Å²) in [6.45, 7) is 6.22. The molecule has 1 unspecified atom stereocenters. The molecule has 4 rings (SSSR count). The highest BCUT2D eigenvalue weighted by Gasteiger charge is 2.39. The molecule has 2 heterocycles. The van der Waals surface area contributed by atoms with Crippen molar-refractivity contribution in [3.8, 4) is 5.69 Å². The lowest BCUT2D eigenvalue weighted by molar-refractivity contribution is -0.141. The van der Waals surface area contributed by atoms with E-state index in [1.165, 1.54) is 10.6 Å². The fraction of sp³-hybridized carbons (Fsp3) is 0.346. The number of hydrogen-bond donors (Lipinski definition) is 1. The van der Waals surface area contributed by atoms with Crippen LogP contribution in [0.5, 0.6) is 0 Å². The molecule has 0 amide bonds. The first kappa shape index (κ1) is 24.4. The quantitative estimate of drug-likeness (QED) is 0.324. The maximum absolute atomic E-state index is 14.1. The summed E-state index contributed by atoms with van der Waals surface area (Å²) in [4.78, 5) is 4.09. The second kappa shape index (κ2) is 9.47. The van der Waals surface area contributed by atoms with Gasteiger partial charge in [0.25, 0.3) is 0 Å². The van der Waals surface area contributed by atoms with Crippen LogP contribution in [0.3, 0.4) is 0 Å². The lowest BCUT2D eigenvalue weighted by Gasteiger charge is -2.17. The molecule has 0 bridgehead atoms. The second-order valence-corrected chi connectivity index (χ2v) is 9.33. The molecule has 0 aliphatic carbocycles. The zero-order valence-electron chi connectivity index (χ0n) is 19.5. The summed E-state index contributed by atoms with van der Waals surface area (Å²) in [6.07, 6.45) is -1.63. The second-order valence-electron chi connectivity index (χ2n) is 8.95. The molecule has 0 aliphatic rings. The van der Waals surface area contributed by atoms with Gasteiger partial charge >= 0.3 is 6.18 Å². The Bertz CT molecular complexity index is 1280. The fourth-order valence-corrected chi connectivity index (χ4v) is 5.15. The van der Waals surface area contributed by atoms with E-state index in [9.17, 15) is 13.2 Å². The van der Waals surface area contributed by atoms with Crippen LogP contribution in [-0.4, -0.2) is 20.5 Å². The van der Waals surface area contributed by atoms with Crippen LogP contribution >= 0.6 is 11.6 Å². The molecular formula is C26H28ClF3N4. The maximum atomic E-state index is 14.1. The standard InChI is InChI=1S/C26H28ClF3N4/c1-16-11-17(2)23(18(3)12-16)34-22(27)15-33-21(24(26(28,29)30)32-25(33)34)14-20(9-10-31)13-19-7-5-4-6-8-19/h4-8,11-12,15,20H,9-10,13-14,31H2,1-3H3. The Morgan fingerprint density at radius 1 is 1.03 bits per heavy atom. The lowest BCUT2D eigenvalue weighted by Crippen LogP contribution is -2.18. The van der Waals surface area contributed by atoms with Crippen LogP contribution in [0.1, 0.15) is 40.1 Å². The normalized spacial score (nSPS) is 13.1. The van der Waals surface area contributed by atoms with Gasteiger partial charge in [-0.05, 0) is 69.2 Å². The van der Waals surface area contributed by atoms with Gasteiger partial charge in [-0.15, -0.1) is 0 Å². The number of halogens is 4. The Balaban J connectivity index is 1.86. The van der Waals surface area contributed by atoms with Crippen molar-refractivity contribution in [1.82, 2.24) is 14.0 Å². The highest BCUT2D eigenvalue weighted by molar-refractivity contribution is 6.30. The smallest absolute Gasteiger partial charge is 0.330 e. The van der Waals surface area contributed by atoms with Crippen LogP contribution in [0.25, 0.3) is 11.5 Å².